The number of anilines is 1. The molecule has 0 fully saturated rings. The number of benzene rings is 1. The molecule has 1 aromatic carbocycles. The number of nitrogens with one attached hydrogen (secondary N) is 1. The van der Waals surface area contributed by atoms with E-state index in [1.165, 1.54) is 24.4 Å². The van der Waals surface area contributed by atoms with Crippen molar-refractivity contribution >= 4 is 11.4 Å². The molecule has 0 bridgehead atoms. The maximum absolute atomic E-state index is 13.2. The summed E-state index contributed by atoms with van der Waals surface area (Å²) >= 11 is 0. The molecule has 0 aliphatic carbocycles. The van der Waals surface area contributed by atoms with E-state index < -0.39 is 10.7 Å². The van der Waals surface area contributed by atoms with Crippen molar-refractivity contribution in [1.82, 2.24) is 0 Å². The van der Waals surface area contributed by atoms with Crippen LogP contribution < -0.4 is 5.32 Å². The van der Waals surface area contributed by atoms with Gasteiger partial charge in [0.1, 0.15) is 0 Å². The normalized spacial score (nSPS) is 10.2. The Balaban J connectivity index is 2.88. The van der Waals surface area contributed by atoms with Gasteiger partial charge in [-0.05, 0) is 12.1 Å². The first-order valence-corrected chi connectivity index (χ1v) is 4.13. The number of nitrogens with zero attached hydrogens (tertiary/aromatic N) is 1. The second-order valence-electron chi connectivity index (χ2n) is 2.66. The third-order valence-corrected chi connectivity index (χ3v) is 1.63. The van der Waals surface area contributed by atoms with E-state index in [2.05, 4.69) is 11.9 Å². The molecule has 0 spiro atoms. The highest BCUT2D eigenvalue weighted by molar-refractivity contribution is 5.51. The first-order valence-electron chi connectivity index (χ1n) is 4.13. The topological polar surface area (TPSA) is 55.2 Å². The van der Waals surface area contributed by atoms with Crippen LogP contribution in [-0.2, 0) is 0 Å². The van der Waals surface area contributed by atoms with E-state index in [1.54, 1.807) is 6.08 Å². The van der Waals surface area contributed by atoms with E-state index in [1.807, 2.05) is 0 Å². The number of allylic oxidation sites excluding steroid dienone is 2. The summed E-state index contributed by atoms with van der Waals surface area (Å²) in [7, 11) is 0. The Bertz CT molecular complexity index is 416. The maximum Gasteiger partial charge on any atom is 0.272 e. The van der Waals surface area contributed by atoms with Gasteiger partial charge in [0.25, 0.3) is 5.69 Å². The van der Waals surface area contributed by atoms with E-state index in [4.69, 9.17) is 0 Å². The number of rotatable bonds is 4. The molecule has 0 aliphatic rings. The molecule has 0 atom stereocenters. The Kier molecular flexibility index (Phi) is 3.56. The molecule has 0 heterocycles. The molecule has 0 amide bonds. The van der Waals surface area contributed by atoms with Crippen molar-refractivity contribution in [3.05, 3.63) is 59.1 Å². The summed E-state index contributed by atoms with van der Waals surface area (Å²) in [4.78, 5) is 9.67. The van der Waals surface area contributed by atoms with Gasteiger partial charge in [-0.2, -0.15) is 0 Å². The van der Waals surface area contributed by atoms with Gasteiger partial charge in [-0.25, -0.2) is 4.39 Å². The third kappa shape index (κ3) is 2.91. The molecule has 0 saturated carbocycles. The van der Waals surface area contributed by atoms with Crippen LogP contribution in [0.1, 0.15) is 0 Å². The van der Waals surface area contributed by atoms with E-state index in [9.17, 15) is 14.5 Å². The lowest BCUT2D eigenvalue weighted by Gasteiger charge is -2.01. The Labute approximate surface area is 85.9 Å². The number of nitro benzene ring substituents is 1. The van der Waals surface area contributed by atoms with Gasteiger partial charge < -0.3 is 5.32 Å². The third-order valence-electron chi connectivity index (χ3n) is 1.63. The molecule has 1 N–H and O–H groups in total. The Morgan fingerprint density at radius 2 is 2.27 bits per heavy atom. The lowest BCUT2D eigenvalue weighted by atomic mass is 10.2. The van der Waals surface area contributed by atoms with Crippen LogP contribution in [0.5, 0.6) is 0 Å². The van der Waals surface area contributed by atoms with Gasteiger partial charge in [0.15, 0.2) is 5.82 Å². The lowest BCUT2D eigenvalue weighted by molar-refractivity contribution is -0.385. The Hall–Kier alpha value is -2.17. The van der Waals surface area contributed by atoms with E-state index in [-0.39, 0.29) is 11.4 Å². The zero-order valence-electron chi connectivity index (χ0n) is 7.81. The SMILES string of the molecule is C=C/C=C\Nc1ccc([N+](=O)[O-])cc1F. The van der Waals surface area contributed by atoms with Gasteiger partial charge in [0.2, 0.25) is 0 Å². The molecule has 0 unspecified atom stereocenters. The molecule has 78 valence electrons. The van der Waals surface area contributed by atoms with Gasteiger partial charge in [-0.3, -0.25) is 10.1 Å². The molecule has 5 heteroatoms. The number of hydrogen-bond donors (Lipinski definition) is 1. The minimum Gasteiger partial charge on any atom is -0.359 e. The average Bonchev–Trinajstić information content (AvgIpc) is 2.20. The van der Waals surface area contributed by atoms with Crippen LogP contribution in [0.15, 0.2) is 43.1 Å². The highest BCUT2D eigenvalue weighted by atomic mass is 19.1. The zero-order valence-corrected chi connectivity index (χ0v) is 7.81. The standard InChI is InChI=1S/C10H9FN2O2/c1-2-3-6-12-10-5-4-8(13(14)15)7-9(10)11/h2-7,12H,1H2/b6-3-. The van der Waals surface area contributed by atoms with Crippen molar-refractivity contribution in [3.63, 3.8) is 0 Å². The first-order chi connectivity index (χ1) is 7.15. The monoisotopic (exact) mass is 208 g/mol. The predicted molar refractivity (Wildman–Crippen MR) is 56.0 cm³/mol. The lowest BCUT2D eigenvalue weighted by Crippen LogP contribution is -1.94. The highest BCUT2D eigenvalue weighted by Gasteiger charge is 2.09. The molecule has 0 aromatic heterocycles. The molecule has 0 saturated heterocycles. The predicted octanol–water partition coefficient (Wildman–Crippen LogP) is 2.85. The molecule has 1 aromatic rings. The van der Waals surface area contributed by atoms with Gasteiger partial charge in [-0.15, -0.1) is 0 Å². The van der Waals surface area contributed by atoms with Crippen LogP contribution in [-0.4, -0.2) is 4.92 Å². The van der Waals surface area contributed by atoms with Crippen molar-refractivity contribution < 1.29 is 9.31 Å². The Morgan fingerprint density at radius 3 is 2.80 bits per heavy atom. The quantitative estimate of drug-likeness (QED) is 0.470. The Morgan fingerprint density at radius 1 is 1.53 bits per heavy atom. The fourth-order valence-corrected chi connectivity index (χ4v) is 0.941. The number of non-ortho nitro benzene ring substituents is 1. The average molecular weight is 208 g/mol. The first kappa shape index (κ1) is 10.9. The summed E-state index contributed by atoms with van der Waals surface area (Å²) in [5.41, 5.74) is -0.0931. The van der Waals surface area contributed by atoms with E-state index in [0.717, 1.165) is 6.07 Å². The minimum absolute atomic E-state index is 0.179. The largest absolute Gasteiger partial charge is 0.359 e. The molecular formula is C10H9FN2O2. The van der Waals surface area contributed by atoms with Crippen molar-refractivity contribution in [2.45, 2.75) is 0 Å². The van der Waals surface area contributed by atoms with Crippen LogP contribution in [0.25, 0.3) is 0 Å². The summed E-state index contributed by atoms with van der Waals surface area (Å²) in [6, 6.07) is 3.40. The molecule has 4 nitrogen and oxygen atoms in total. The van der Waals surface area contributed by atoms with Gasteiger partial charge in [0.05, 0.1) is 16.7 Å². The second-order valence-corrected chi connectivity index (χ2v) is 2.66. The second kappa shape index (κ2) is 4.90. The van der Waals surface area contributed by atoms with Gasteiger partial charge in [0, 0.05) is 12.3 Å². The molecular weight excluding hydrogens is 199 g/mol. The van der Waals surface area contributed by atoms with Crippen molar-refractivity contribution in [1.29, 1.82) is 0 Å². The van der Waals surface area contributed by atoms with Crippen LogP contribution in [0.2, 0.25) is 0 Å². The van der Waals surface area contributed by atoms with E-state index >= 15 is 0 Å². The van der Waals surface area contributed by atoms with Crippen LogP contribution in [0, 0.1) is 15.9 Å². The van der Waals surface area contributed by atoms with Crippen molar-refractivity contribution in [2.75, 3.05) is 5.32 Å². The number of hydrogen-bond acceptors (Lipinski definition) is 3. The van der Waals surface area contributed by atoms with Crippen LogP contribution in [0.3, 0.4) is 0 Å². The fraction of sp³-hybridized carbons (Fsp3) is 0. The maximum atomic E-state index is 13.2. The highest BCUT2D eigenvalue weighted by Crippen LogP contribution is 2.20. The molecule has 15 heavy (non-hydrogen) atoms. The smallest absolute Gasteiger partial charge is 0.272 e. The summed E-state index contributed by atoms with van der Waals surface area (Å²) in [6.07, 6.45) is 4.59. The van der Waals surface area contributed by atoms with Crippen LogP contribution >= 0.6 is 0 Å². The zero-order chi connectivity index (χ0) is 11.3. The summed E-state index contributed by atoms with van der Waals surface area (Å²) in [6.45, 7) is 3.44. The fourth-order valence-electron chi connectivity index (χ4n) is 0.941. The van der Waals surface area contributed by atoms with Crippen LogP contribution in [0.4, 0.5) is 15.8 Å². The summed E-state index contributed by atoms with van der Waals surface area (Å²) in [5.74, 6) is -0.669. The minimum atomic E-state index is -0.669. The van der Waals surface area contributed by atoms with Crippen molar-refractivity contribution in [3.8, 4) is 0 Å². The van der Waals surface area contributed by atoms with Gasteiger partial charge in [-0.1, -0.05) is 12.7 Å². The molecule has 0 radical (unpaired) electrons. The van der Waals surface area contributed by atoms with Gasteiger partial charge >= 0.3 is 0 Å². The summed E-state index contributed by atoms with van der Waals surface area (Å²) < 4.78 is 13.2. The molecule has 0 aliphatic heterocycles. The van der Waals surface area contributed by atoms with Crippen molar-refractivity contribution in [2.24, 2.45) is 0 Å². The van der Waals surface area contributed by atoms with E-state index in [0.29, 0.717) is 0 Å². The summed E-state index contributed by atoms with van der Waals surface area (Å²) in [5, 5.41) is 12.9. The molecule has 1 rings (SSSR count). The number of halogens is 1. The number of nitro groups is 1.